The van der Waals surface area contributed by atoms with E-state index in [1.807, 2.05) is 0 Å². The van der Waals surface area contributed by atoms with Crippen molar-refractivity contribution in [2.75, 3.05) is 39.5 Å². The highest BCUT2D eigenvalue weighted by Gasteiger charge is 2.52. The monoisotopic (exact) mass is 664 g/mol. The lowest BCUT2D eigenvalue weighted by Crippen LogP contribution is -2.69. The molecular formula is C25H50F2N6O12. The minimum Gasteiger partial charge on any atom is -0.395 e. The van der Waals surface area contributed by atoms with Gasteiger partial charge in [0, 0.05) is 19.1 Å². The molecule has 266 valence electrons. The summed E-state index contributed by atoms with van der Waals surface area (Å²) in [7, 11) is 0. The van der Waals surface area contributed by atoms with E-state index in [1.165, 1.54) is 6.92 Å². The topological polar surface area (TPSA) is 324 Å². The Hall–Kier alpha value is -1.31. The van der Waals surface area contributed by atoms with E-state index in [0.717, 1.165) is 0 Å². The summed E-state index contributed by atoms with van der Waals surface area (Å²) in [6, 6.07) is -4.86. The van der Waals surface area contributed by atoms with Gasteiger partial charge in [-0.1, -0.05) is 0 Å². The molecule has 0 aromatic rings. The normalized spacial score (nSPS) is 35.4. The largest absolute Gasteiger partial charge is 0.395 e. The van der Waals surface area contributed by atoms with E-state index in [4.69, 9.17) is 47.0 Å². The molecule has 2 rings (SSSR count). The van der Waals surface area contributed by atoms with Crippen LogP contribution in [0.5, 0.6) is 0 Å². The number of rotatable bonds is 18. The molecule has 2 aliphatic rings. The number of carbonyl (C=O) groups is 1. The number of hydrogen-bond acceptors (Lipinski definition) is 17. The Morgan fingerprint density at radius 2 is 1.76 bits per heavy atom. The van der Waals surface area contributed by atoms with E-state index < -0.39 is 111 Å². The average Bonchev–Trinajstić information content (AvgIpc) is 2.98. The molecule has 17 N–H and O–H groups in total. The molecular weight excluding hydrogens is 614 g/mol. The number of nitrogens with two attached hydrogens (primary N) is 4. The Kier molecular flexibility index (Phi) is 16.2. The number of halogens is 2. The molecule has 0 aromatic heterocycles. The summed E-state index contributed by atoms with van der Waals surface area (Å²) in [5, 5.41) is 75.7. The van der Waals surface area contributed by atoms with Gasteiger partial charge in [0.1, 0.15) is 36.6 Å². The van der Waals surface area contributed by atoms with Crippen LogP contribution in [0, 0.1) is 0 Å². The average molecular weight is 665 g/mol. The van der Waals surface area contributed by atoms with Crippen LogP contribution in [-0.4, -0.2) is 173 Å². The molecule has 1 aliphatic heterocycles. The molecule has 0 aromatic carbocycles. The van der Waals surface area contributed by atoms with Crippen molar-refractivity contribution in [1.82, 2.24) is 10.6 Å². The van der Waals surface area contributed by atoms with Crippen molar-refractivity contribution in [2.24, 2.45) is 22.9 Å². The van der Waals surface area contributed by atoms with Crippen molar-refractivity contribution < 1.29 is 68.3 Å². The van der Waals surface area contributed by atoms with Gasteiger partial charge in [-0.3, -0.25) is 4.79 Å². The van der Waals surface area contributed by atoms with Crippen LogP contribution in [0.1, 0.15) is 19.8 Å². The van der Waals surface area contributed by atoms with Crippen LogP contribution in [0.25, 0.3) is 0 Å². The van der Waals surface area contributed by atoms with Gasteiger partial charge in [0.2, 0.25) is 0 Å². The number of hydrogen-bond donors (Lipinski definition) is 13. The van der Waals surface area contributed by atoms with Gasteiger partial charge in [-0.15, -0.1) is 0 Å². The molecule has 20 heteroatoms. The second kappa shape index (κ2) is 18.3. The standard InChI is InChI=1S/C25H50F2N6O12/c1-10(36)6-12(30)23(42-5-3-32-2-4-34)44-19-11(29)7-13(33-22(41)21(40)25(26,27)9-28)20(18(19)39)45-24-17(38)15(31)16(37)14(8-35)43-24/h10-21,23-24,32,34-40H,2-9,28-31H2,1H3,(H,33,41)/t10-,11+,12-,13-,14-,15+,16-,17-,18+,19-,20+,21?,23-,24-/m1/s1. The van der Waals surface area contributed by atoms with E-state index in [2.05, 4.69) is 10.6 Å². The number of aliphatic hydroxyl groups excluding tert-OH is 7. The zero-order chi connectivity index (χ0) is 34.1. The Morgan fingerprint density at radius 1 is 1.09 bits per heavy atom. The summed E-state index contributed by atoms with van der Waals surface area (Å²) in [6.07, 6.45) is -16.4. The number of amides is 1. The summed E-state index contributed by atoms with van der Waals surface area (Å²) >= 11 is 0. The molecule has 1 saturated heterocycles. The van der Waals surface area contributed by atoms with Gasteiger partial charge in [0.15, 0.2) is 18.7 Å². The lowest BCUT2D eigenvalue weighted by molar-refractivity contribution is -0.311. The maximum absolute atomic E-state index is 14.0. The van der Waals surface area contributed by atoms with Gasteiger partial charge in [-0.05, 0) is 19.8 Å². The molecule has 0 radical (unpaired) electrons. The highest BCUT2D eigenvalue weighted by molar-refractivity contribution is 5.82. The van der Waals surface area contributed by atoms with E-state index in [0.29, 0.717) is 0 Å². The molecule has 45 heavy (non-hydrogen) atoms. The summed E-state index contributed by atoms with van der Waals surface area (Å²) in [5.41, 5.74) is 23.3. The van der Waals surface area contributed by atoms with Crippen LogP contribution >= 0.6 is 0 Å². The smallest absolute Gasteiger partial charge is 0.294 e. The van der Waals surface area contributed by atoms with Gasteiger partial charge in [0.25, 0.3) is 11.8 Å². The summed E-state index contributed by atoms with van der Waals surface area (Å²) in [4.78, 5) is 12.6. The number of nitrogens with one attached hydrogen (secondary N) is 2. The Labute approximate surface area is 258 Å². The maximum Gasteiger partial charge on any atom is 0.294 e. The van der Waals surface area contributed by atoms with Crippen LogP contribution in [0.3, 0.4) is 0 Å². The Balaban J connectivity index is 2.36. The fourth-order valence-electron chi connectivity index (χ4n) is 5.06. The lowest BCUT2D eigenvalue weighted by atomic mass is 9.83. The molecule has 0 spiro atoms. The highest BCUT2D eigenvalue weighted by atomic mass is 19.3. The van der Waals surface area contributed by atoms with Crippen molar-refractivity contribution in [2.45, 2.75) is 111 Å². The third-order valence-electron chi connectivity index (χ3n) is 7.60. The molecule has 2 fully saturated rings. The van der Waals surface area contributed by atoms with Crippen molar-refractivity contribution in [3.8, 4) is 0 Å². The second-order valence-electron chi connectivity index (χ2n) is 11.3. The van der Waals surface area contributed by atoms with Crippen LogP contribution in [0.2, 0.25) is 0 Å². The van der Waals surface area contributed by atoms with Crippen molar-refractivity contribution in [3.05, 3.63) is 0 Å². The van der Waals surface area contributed by atoms with E-state index in [1.54, 1.807) is 0 Å². The van der Waals surface area contributed by atoms with Crippen molar-refractivity contribution in [3.63, 3.8) is 0 Å². The first-order chi connectivity index (χ1) is 21.1. The summed E-state index contributed by atoms with van der Waals surface area (Å²) in [5.74, 6) is -5.57. The van der Waals surface area contributed by atoms with Crippen LogP contribution < -0.4 is 33.6 Å². The summed E-state index contributed by atoms with van der Waals surface area (Å²) < 4.78 is 51.0. The van der Waals surface area contributed by atoms with Gasteiger partial charge in [-0.2, -0.15) is 0 Å². The molecule has 1 aliphatic carbocycles. The van der Waals surface area contributed by atoms with Gasteiger partial charge < -0.3 is 88.3 Å². The summed E-state index contributed by atoms with van der Waals surface area (Å²) in [6.45, 7) is -0.146. The number of aliphatic hydroxyl groups is 7. The lowest BCUT2D eigenvalue weighted by Gasteiger charge is -2.48. The van der Waals surface area contributed by atoms with E-state index >= 15 is 0 Å². The van der Waals surface area contributed by atoms with Crippen LogP contribution in [0.15, 0.2) is 0 Å². The van der Waals surface area contributed by atoms with Gasteiger partial charge >= 0.3 is 0 Å². The minimum atomic E-state index is -4.00. The van der Waals surface area contributed by atoms with Gasteiger partial charge in [-0.25, -0.2) is 8.78 Å². The van der Waals surface area contributed by atoms with E-state index in [9.17, 15) is 44.2 Å². The fourth-order valence-corrected chi connectivity index (χ4v) is 5.06. The SMILES string of the molecule is C[C@@H](O)C[C@@H](N)[C@H](OCCNCCO)O[C@H]1[C@H](O)[C@@H](O[C@H]2O[C@H](CO)[C@@H](O)[C@H](N)[C@H]2O)[C@H](NC(=O)C(O)C(F)(F)CN)C[C@@H]1N. The zero-order valence-electron chi connectivity index (χ0n) is 25.0. The minimum absolute atomic E-state index is 0.00348. The zero-order valence-corrected chi connectivity index (χ0v) is 25.0. The molecule has 0 bridgehead atoms. The molecule has 1 heterocycles. The molecule has 18 nitrogen and oxygen atoms in total. The highest BCUT2D eigenvalue weighted by Crippen LogP contribution is 2.31. The van der Waals surface area contributed by atoms with E-state index in [-0.39, 0.29) is 39.1 Å². The Bertz CT molecular complexity index is 886. The predicted molar refractivity (Wildman–Crippen MR) is 150 cm³/mol. The number of alkyl halides is 2. The molecule has 1 saturated carbocycles. The first-order valence-electron chi connectivity index (χ1n) is 14.6. The van der Waals surface area contributed by atoms with Gasteiger partial charge in [0.05, 0.1) is 50.6 Å². The number of ether oxygens (including phenoxy) is 4. The van der Waals surface area contributed by atoms with Crippen LogP contribution in [-0.2, 0) is 23.7 Å². The first-order valence-corrected chi connectivity index (χ1v) is 14.6. The van der Waals surface area contributed by atoms with Crippen molar-refractivity contribution in [1.29, 1.82) is 0 Å². The van der Waals surface area contributed by atoms with Crippen LogP contribution in [0.4, 0.5) is 8.78 Å². The molecule has 14 atom stereocenters. The quantitative estimate of drug-likeness (QED) is 0.0478. The predicted octanol–water partition coefficient (Wildman–Crippen LogP) is -6.92. The first kappa shape index (κ1) is 39.9. The molecule has 1 amide bonds. The Morgan fingerprint density at radius 3 is 2.33 bits per heavy atom. The molecule has 1 unspecified atom stereocenters. The third kappa shape index (κ3) is 10.9. The second-order valence-corrected chi connectivity index (χ2v) is 11.3. The third-order valence-corrected chi connectivity index (χ3v) is 7.60. The fraction of sp³-hybridized carbons (Fsp3) is 0.960. The van der Waals surface area contributed by atoms with Crippen molar-refractivity contribution >= 4 is 5.91 Å². The number of carbonyl (C=O) groups excluding carboxylic acids is 1. The maximum atomic E-state index is 14.0.